The lowest BCUT2D eigenvalue weighted by molar-refractivity contribution is 0.304. The second kappa shape index (κ2) is 6.43. The summed E-state index contributed by atoms with van der Waals surface area (Å²) in [6.45, 7) is 0.544. The van der Waals surface area contributed by atoms with E-state index >= 15 is 0 Å². The third kappa shape index (κ3) is 3.62. The van der Waals surface area contributed by atoms with E-state index in [0.717, 1.165) is 25.1 Å². The molecule has 0 N–H and O–H groups in total. The first-order valence-corrected chi connectivity index (χ1v) is 7.27. The fourth-order valence-corrected chi connectivity index (χ4v) is 2.29. The summed E-state index contributed by atoms with van der Waals surface area (Å²) in [5.74, 6) is 1.71. The summed E-state index contributed by atoms with van der Waals surface area (Å²) in [4.78, 5) is 0. The molecule has 0 unspecified atom stereocenters. The van der Waals surface area contributed by atoms with Crippen LogP contribution in [0.5, 0.6) is 11.5 Å². The molecule has 0 saturated heterocycles. The van der Waals surface area contributed by atoms with Gasteiger partial charge in [-0.3, -0.25) is 0 Å². The minimum atomic E-state index is 0.544. The maximum atomic E-state index is 5.78. The van der Waals surface area contributed by atoms with Crippen LogP contribution in [-0.2, 0) is 6.61 Å². The SMILES string of the molecule is COc1ccc(COc2cc(I)ccc2Br)cc1. The van der Waals surface area contributed by atoms with Crippen molar-refractivity contribution < 1.29 is 9.47 Å². The third-order valence-electron chi connectivity index (χ3n) is 2.45. The zero-order valence-corrected chi connectivity index (χ0v) is 13.6. The molecule has 0 aliphatic rings. The lowest BCUT2D eigenvalue weighted by Crippen LogP contribution is -1.96. The molecule has 0 spiro atoms. The highest BCUT2D eigenvalue weighted by atomic mass is 127. The highest BCUT2D eigenvalue weighted by Crippen LogP contribution is 2.27. The van der Waals surface area contributed by atoms with E-state index in [-0.39, 0.29) is 0 Å². The number of ether oxygens (including phenoxy) is 2. The second-order valence-corrected chi connectivity index (χ2v) is 5.81. The van der Waals surface area contributed by atoms with Gasteiger partial charge in [0.2, 0.25) is 0 Å². The molecule has 0 aliphatic heterocycles. The summed E-state index contributed by atoms with van der Waals surface area (Å²) in [5, 5.41) is 0. The first-order valence-electron chi connectivity index (χ1n) is 5.40. The number of hydrogen-bond donors (Lipinski definition) is 0. The molecule has 4 heteroatoms. The number of methoxy groups -OCH3 is 1. The zero-order chi connectivity index (χ0) is 13.0. The molecule has 0 heterocycles. The van der Waals surface area contributed by atoms with Crippen molar-refractivity contribution in [2.45, 2.75) is 6.61 Å². The maximum absolute atomic E-state index is 5.78. The van der Waals surface area contributed by atoms with Crippen LogP contribution in [0.3, 0.4) is 0 Å². The number of rotatable bonds is 4. The van der Waals surface area contributed by atoms with E-state index in [2.05, 4.69) is 38.5 Å². The van der Waals surface area contributed by atoms with Gasteiger partial charge in [0.05, 0.1) is 11.6 Å². The molecule has 2 aromatic carbocycles. The Morgan fingerprint density at radius 2 is 1.83 bits per heavy atom. The van der Waals surface area contributed by atoms with Gasteiger partial charge in [-0.2, -0.15) is 0 Å². The second-order valence-electron chi connectivity index (χ2n) is 3.71. The molecule has 0 fully saturated rings. The van der Waals surface area contributed by atoms with E-state index < -0.39 is 0 Å². The Bertz CT molecular complexity index is 526. The Morgan fingerprint density at radius 3 is 2.50 bits per heavy atom. The molecule has 2 aromatic rings. The highest BCUT2D eigenvalue weighted by molar-refractivity contribution is 14.1. The van der Waals surface area contributed by atoms with Crippen LogP contribution >= 0.6 is 38.5 Å². The lowest BCUT2D eigenvalue weighted by Gasteiger charge is -2.09. The van der Waals surface area contributed by atoms with Crippen LogP contribution in [0.2, 0.25) is 0 Å². The van der Waals surface area contributed by atoms with Crippen molar-refractivity contribution in [2.24, 2.45) is 0 Å². The summed E-state index contributed by atoms with van der Waals surface area (Å²) >= 11 is 5.75. The van der Waals surface area contributed by atoms with Gasteiger partial charge in [-0.1, -0.05) is 12.1 Å². The van der Waals surface area contributed by atoms with Crippen molar-refractivity contribution in [3.05, 3.63) is 56.1 Å². The van der Waals surface area contributed by atoms with Crippen LogP contribution in [0.15, 0.2) is 46.9 Å². The van der Waals surface area contributed by atoms with Gasteiger partial charge in [0, 0.05) is 3.57 Å². The average Bonchev–Trinajstić information content (AvgIpc) is 2.40. The van der Waals surface area contributed by atoms with Crippen LogP contribution in [0.1, 0.15) is 5.56 Å². The van der Waals surface area contributed by atoms with Crippen LogP contribution in [0.25, 0.3) is 0 Å². The standard InChI is InChI=1S/C14H12BrIO2/c1-17-12-5-2-10(3-6-12)9-18-14-8-11(16)4-7-13(14)15/h2-8H,9H2,1H3. The number of benzene rings is 2. The van der Waals surface area contributed by atoms with E-state index in [1.165, 1.54) is 0 Å². The van der Waals surface area contributed by atoms with Gasteiger partial charge in [-0.25, -0.2) is 0 Å². The first-order chi connectivity index (χ1) is 8.69. The van der Waals surface area contributed by atoms with Gasteiger partial charge in [0.1, 0.15) is 18.1 Å². The molecule has 0 bridgehead atoms. The van der Waals surface area contributed by atoms with E-state index in [1.807, 2.05) is 42.5 Å². The van der Waals surface area contributed by atoms with Crippen LogP contribution in [0.4, 0.5) is 0 Å². The summed E-state index contributed by atoms with van der Waals surface area (Å²) in [7, 11) is 1.66. The van der Waals surface area contributed by atoms with Crippen molar-refractivity contribution in [1.82, 2.24) is 0 Å². The monoisotopic (exact) mass is 418 g/mol. The quantitative estimate of drug-likeness (QED) is 0.673. The summed E-state index contributed by atoms with van der Waals surface area (Å²) in [6, 6.07) is 13.9. The molecule has 2 rings (SSSR count). The van der Waals surface area contributed by atoms with Gasteiger partial charge in [-0.05, 0) is 74.4 Å². The normalized spacial score (nSPS) is 10.2. The minimum absolute atomic E-state index is 0.544. The van der Waals surface area contributed by atoms with E-state index in [9.17, 15) is 0 Å². The largest absolute Gasteiger partial charge is 0.497 e. The molecule has 0 atom stereocenters. The molecule has 2 nitrogen and oxygen atoms in total. The molecular weight excluding hydrogens is 407 g/mol. The zero-order valence-electron chi connectivity index (χ0n) is 9.82. The van der Waals surface area contributed by atoms with Crippen molar-refractivity contribution in [2.75, 3.05) is 7.11 Å². The smallest absolute Gasteiger partial charge is 0.135 e. The fourth-order valence-electron chi connectivity index (χ4n) is 1.47. The van der Waals surface area contributed by atoms with Gasteiger partial charge >= 0.3 is 0 Å². The summed E-state index contributed by atoms with van der Waals surface area (Å²) in [5.41, 5.74) is 1.11. The molecule has 0 saturated carbocycles. The maximum Gasteiger partial charge on any atom is 0.135 e. The van der Waals surface area contributed by atoms with Crippen molar-refractivity contribution >= 4 is 38.5 Å². The van der Waals surface area contributed by atoms with E-state index in [0.29, 0.717) is 6.61 Å². The van der Waals surface area contributed by atoms with Gasteiger partial charge < -0.3 is 9.47 Å². The number of halogens is 2. The fraction of sp³-hybridized carbons (Fsp3) is 0.143. The van der Waals surface area contributed by atoms with Crippen LogP contribution in [-0.4, -0.2) is 7.11 Å². The molecule has 0 aromatic heterocycles. The minimum Gasteiger partial charge on any atom is -0.497 e. The van der Waals surface area contributed by atoms with Gasteiger partial charge in [0.15, 0.2) is 0 Å². The Kier molecular flexibility index (Phi) is 4.88. The van der Waals surface area contributed by atoms with Crippen molar-refractivity contribution in [1.29, 1.82) is 0 Å². The van der Waals surface area contributed by atoms with E-state index in [4.69, 9.17) is 9.47 Å². The molecular formula is C14H12BrIO2. The van der Waals surface area contributed by atoms with Crippen LogP contribution in [0, 0.1) is 3.57 Å². The summed E-state index contributed by atoms with van der Waals surface area (Å²) < 4.78 is 13.0. The van der Waals surface area contributed by atoms with E-state index in [1.54, 1.807) is 7.11 Å². The molecule has 18 heavy (non-hydrogen) atoms. The molecule has 0 radical (unpaired) electrons. The van der Waals surface area contributed by atoms with Crippen LogP contribution < -0.4 is 9.47 Å². The third-order valence-corrected chi connectivity index (χ3v) is 3.77. The average molecular weight is 419 g/mol. The topological polar surface area (TPSA) is 18.5 Å². The molecule has 94 valence electrons. The highest BCUT2D eigenvalue weighted by Gasteiger charge is 2.02. The first kappa shape index (κ1) is 13.7. The molecule has 0 aliphatic carbocycles. The molecule has 0 amide bonds. The Labute approximate surface area is 129 Å². The number of hydrogen-bond acceptors (Lipinski definition) is 2. The van der Waals surface area contributed by atoms with Crippen molar-refractivity contribution in [3.63, 3.8) is 0 Å². The Hall–Kier alpha value is -0.750. The Morgan fingerprint density at radius 1 is 1.11 bits per heavy atom. The Balaban J connectivity index is 2.04. The summed E-state index contributed by atoms with van der Waals surface area (Å²) in [6.07, 6.45) is 0. The van der Waals surface area contributed by atoms with Crippen molar-refractivity contribution in [3.8, 4) is 11.5 Å². The lowest BCUT2D eigenvalue weighted by atomic mass is 10.2. The van der Waals surface area contributed by atoms with Gasteiger partial charge in [-0.15, -0.1) is 0 Å². The van der Waals surface area contributed by atoms with Gasteiger partial charge in [0.25, 0.3) is 0 Å². The predicted octanol–water partition coefficient (Wildman–Crippen LogP) is 4.64. The predicted molar refractivity (Wildman–Crippen MR) is 84.2 cm³/mol.